The van der Waals surface area contributed by atoms with E-state index in [1.807, 2.05) is 29.5 Å². The summed E-state index contributed by atoms with van der Waals surface area (Å²) in [6, 6.07) is 5.73. The lowest BCUT2D eigenvalue weighted by atomic mass is 10.3. The Morgan fingerprint density at radius 3 is 2.87 bits per heavy atom. The van der Waals surface area contributed by atoms with Crippen molar-refractivity contribution in [1.29, 1.82) is 0 Å². The Bertz CT molecular complexity index is 871. The monoisotopic (exact) mass is 338 g/mol. The minimum absolute atomic E-state index is 0. The highest BCUT2D eigenvalue weighted by Crippen LogP contribution is 2.17. The molecule has 3 aromatic rings. The van der Waals surface area contributed by atoms with Crippen LogP contribution in [0.2, 0.25) is 0 Å². The molecule has 23 heavy (non-hydrogen) atoms. The summed E-state index contributed by atoms with van der Waals surface area (Å²) in [5, 5.41) is 2.63. The molecule has 8 heteroatoms. The van der Waals surface area contributed by atoms with Gasteiger partial charge in [0, 0.05) is 13.1 Å². The van der Waals surface area contributed by atoms with Crippen molar-refractivity contribution in [3.63, 3.8) is 0 Å². The van der Waals surface area contributed by atoms with Crippen LogP contribution >= 0.6 is 12.4 Å². The Labute approximate surface area is 139 Å². The van der Waals surface area contributed by atoms with Crippen molar-refractivity contribution >= 4 is 35.3 Å². The van der Waals surface area contributed by atoms with Crippen molar-refractivity contribution in [2.75, 3.05) is 13.7 Å². The molecule has 0 aliphatic rings. The van der Waals surface area contributed by atoms with Gasteiger partial charge in [0.25, 0.3) is 5.56 Å². The highest BCUT2D eigenvalue weighted by Gasteiger charge is 2.17. The minimum Gasteiger partial charge on any atom is -0.453 e. The fourth-order valence-corrected chi connectivity index (χ4v) is 2.76. The largest absolute Gasteiger partial charge is 0.453 e. The number of nitrogens with zero attached hydrogens (tertiary/aromatic N) is 3. The summed E-state index contributed by atoms with van der Waals surface area (Å²) in [5.74, 6) is 0. The third kappa shape index (κ3) is 2.96. The van der Waals surface area contributed by atoms with Gasteiger partial charge in [0.05, 0.1) is 12.8 Å². The summed E-state index contributed by atoms with van der Waals surface area (Å²) in [6.45, 7) is 3.00. The highest BCUT2D eigenvalue weighted by molar-refractivity contribution is 5.85. The molecule has 1 amide bonds. The molecule has 0 fully saturated rings. The summed E-state index contributed by atoms with van der Waals surface area (Å²) in [7, 11) is 1.34. The molecule has 0 aliphatic carbocycles. The molecule has 1 N–H and O–H groups in total. The van der Waals surface area contributed by atoms with E-state index in [-0.39, 0.29) is 18.0 Å². The lowest BCUT2D eigenvalue weighted by Gasteiger charge is -2.05. The van der Waals surface area contributed by atoms with E-state index in [4.69, 9.17) is 0 Å². The number of halogens is 1. The summed E-state index contributed by atoms with van der Waals surface area (Å²) < 4.78 is 8.19. The number of aromatic nitrogens is 3. The molecule has 0 atom stereocenters. The van der Waals surface area contributed by atoms with Gasteiger partial charge in [-0.15, -0.1) is 12.4 Å². The van der Waals surface area contributed by atoms with Crippen LogP contribution in [0, 0.1) is 6.92 Å². The first-order valence-electron chi connectivity index (χ1n) is 7.25. The van der Waals surface area contributed by atoms with Crippen molar-refractivity contribution in [3.8, 4) is 0 Å². The van der Waals surface area contributed by atoms with E-state index >= 15 is 0 Å². The maximum atomic E-state index is 12.6. The van der Waals surface area contributed by atoms with E-state index in [2.05, 4.69) is 15.0 Å². The summed E-state index contributed by atoms with van der Waals surface area (Å²) in [5.41, 5.74) is 3.06. The number of carbonyl (C=O) groups excluding carboxylic acids is 1. The van der Waals surface area contributed by atoms with Crippen LogP contribution < -0.4 is 10.9 Å². The van der Waals surface area contributed by atoms with Crippen LogP contribution in [0.3, 0.4) is 0 Å². The van der Waals surface area contributed by atoms with Gasteiger partial charge in [-0.3, -0.25) is 13.8 Å². The predicted molar refractivity (Wildman–Crippen MR) is 89.8 cm³/mol. The number of ether oxygens (including phenoxy) is 1. The van der Waals surface area contributed by atoms with Crippen LogP contribution in [0.4, 0.5) is 4.79 Å². The zero-order valence-electron chi connectivity index (χ0n) is 13.0. The highest BCUT2D eigenvalue weighted by atomic mass is 35.5. The van der Waals surface area contributed by atoms with Gasteiger partial charge in [-0.1, -0.05) is 6.07 Å². The standard InChI is InChI=1S/C15H18N4O3.ClH/c1-10-13-14(20)18(9-4-3-8-16-15(21)22-2)12-7-5-6-11(17-10)19(12)13;/h5-7H,3-4,8-9H2,1-2H3,(H,16,21);1H. The van der Waals surface area contributed by atoms with Crippen LogP contribution in [-0.4, -0.2) is 33.7 Å². The first-order valence-corrected chi connectivity index (χ1v) is 7.25. The number of nitrogens with one attached hydrogen (secondary N) is 1. The van der Waals surface area contributed by atoms with E-state index in [0.29, 0.717) is 18.6 Å². The molecule has 0 radical (unpaired) electrons. The molecule has 7 nitrogen and oxygen atoms in total. The fraction of sp³-hybridized carbons (Fsp3) is 0.400. The average molecular weight is 339 g/mol. The number of imidazole rings is 2. The quantitative estimate of drug-likeness (QED) is 0.721. The molecule has 3 aromatic heterocycles. The predicted octanol–water partition coefficient (Wildman–Crippen LogP) is 1.95. The van der Waals surface area contributed by atoms with Crippen LogP contribution in [0.15, 0.2) is 23.0 Å². The zero-order valence-corrected chi connectivity index (χ0v) is 13.9. The number of aryl methyl sites for hydroxylation is 2. The molecule has 0 aromatic carbocycles. The number of carbonyl (C=O) groups is 1. The second-order valence-electron chi connectivity index (χ2n) is 5.21. The van der Waals surface area contributed by atoms with Crippen LogP contribution in [0.1, 0.15) is 18.5 Å². The fourth-order valence-electron chi connectivity index (χ4n) is 2.76. The van der Waals surface area contributed by atoms with E-state index < -0.39 is 6.09 Å². The SMILES string of the molecule is COC(=O)NCCCCn1c(=O)c2c(C)nc3cccc1n32.Cl. The summed E-state index contributed by atoms with van der Waals surface area (Å²) >= 11 is 0. The zero-order chi connectivity index (χ0) is 15.7. The first kappa shape index (κ1) is 17.1. The molecule has 0 saturated heterocycles. The third-order valence-electron chi connectivity index (χ3n) is 3.78. The first-order chi connectivity index (χ1) is 10.6. The Hall–Kier alpha value is -2.28. The van der Waals surface area contributed by atoms with Gasteiger partial charge in [-0.05, 0) is 31.9 Å². The van der Waals surface area contributed by atoms with Crippen molar-refractivity contribution in [1.82, 2.24) is 19.3 Å². The summed E-state index contributed by atoms with van der Waals surface area (Å²) in [6.07, 6.45) is 1.14. The lowest BCUT2D eigenvalue weighted by molar-refractivity contribution is 0.171. The maximum absolute atomic E-state index is 12.6. The average Bonchev–Trinajstić information content (AvgIpc) is 2.99. The number of amides is 1. The van der Waals surface area contributed by atoms with Gasteiger partial charge < -0.3 is 10.1 Å². The van der Waals surface area contributed by atoms with E-state index in [0.717, 1.165) is 29.8 Å². The normalized spacial score (nSPS) is 10.9. The van der Waals surface area contributed by atoms with Crippen molar-refractivity contribution in [2.24, 2.45) is 0 Å². The Morgan fingerprint density at radius 1 is 1.35 bits per heavy atom. The van der Waals surface area contributed by atoms with Crippen molar-refractivity contribution in [3.05, 3.63) is 34.2 Å². The van der Waals surface area contributed by atoms with Crippen LogP contribution in [0.25, 0.3) is 16.8 Å². The number of rotatable bonds is 5. The Kier molecular flexibility index (Phi) is 5.10. The van der Waals surface area contributed by atoms with Gasteiger partial charge in [0.2, 0.25) is 0 Å². The Balaban J connectivity index is 0.00000192. The van der Waals surface area contributed by atoms with Gasteiger partial charge in [-0.2, -0.15) is 0 Å². The van der Waals surface area contributed by atoms with E-state index in [1.54, 1.807) is 4.57 Å². The van der Waals surface area contributed by atoms with Gasteiger partial charge >= 0.3 is 6.09 Å². The molecule has 124 valence electrons. The van der Waals surface area contributed by atoms with Gasteiger partial charge in [-0.25, -0.2) is 9.78 Å². The molecule has 0 spiro atoms. The molecule has 3 heterocycles. The number of methoxy groups -OCH3 is 1. The van der Waals surface area contributed by atoms with E-state index in [1.165, 1.54) is 7.11 Å². The lowest BCUT2D eigenvalue weighted by Crippen LogP contribution is -2.24. The molecule has 0 saturated carbocycles. The number of hydrogen-bond donors (Lipinski definition) is 1. The van der Waals surface area contributed by atoms with Gasteiger partial charge in [0.15, 0.2) is 0 Å². The third-order valence-corrected chi connectivity index (χ3v) is 3.78. The summed E-state index contributed by atoms with van der Waals surface area (Å²) in [4.78, 5) is 27.9. The second kappa shape index (κ2) is 6.87. The number of alkyl carbamates (subject to hydrolysis) is 1. The number of hydrogen-bond acceptors (Lipinski definition) is 4. The number of pyridine rings is 1. The van der Waals surface area contributed by atoms with Crippen molar-refractivity contribution < 1.29 is 9.53 Å². The molecule has 0 unspecified atom stereocenters. The molecular weight excluding hydrogens is 320 g/mol. The Morgan fingerprint density at radius 2 is 2.13 bits per heavy atom. The molecular formula is C15H19ClN4O3. The van der Waals surface area contributed by atoms with E-state index in [9.17, 15) is 9.59 Å². The van der Waals surface area contributed by atoms with Crippen LogP contribution in [-0.2, 0) is 11.3 Å². The van der Waals surface area contributed by atoms with Crippen molar-refractivity contribution in [2.45, 2.75) is 26.3 Å². The topological polar surface area (TPSA) is 77.6 Å². The number of unbranched alkanes of at least 4 members (excludes halogenated alkanes) is 1. The molecule has 0 bridgehead atoms. The molecule has 0 aliphatic heterocycles. The smallest absolute Gasteiger partial charge is 0.406 e. The van der Waals surface area contributed by atoms with Gasteiger partial charge in [0.1, 0.15) is 16.8 Å². The van der Waals surface area contributed by atoms with Crippen LogP contribution in [0.5, 0.6) is 0 Å². The second-order valence-corrected chi connectivity index (χ2v) is 5.21. The molecule has 3 rings (SSSR count). The maximum Gasteiger partial charge on any atom is 0.406 e. The minimum atomic E-state index is -0.431.